The minimum Gasteiger partial charge on any atom is -0.481 e. The topological polar surface area (TPSA) is 63.6 Å². The smallest absolute Gasteiger partial charge is 0.306 e. The van der Waals surface area contributed by atoms with Crippen molar-refractivity contribution < 1.29 is 19.4 Å². The van der Waals surface area contributed by atoms with Gasteiger partial charge in [0, 0.05) is 0 Å². The van der Waals surface area contributed by atoms with Gasteiger partial charge in [-0.2, -0.15) is 0 Å². The van der Waals surface area contributed by atoms with Crippen LogP contribution in [0.1, 0.15) is 19.3 Å². The third-order valence-corrected chi connectivity index (χ3v) is 1.13. The second kappa shape index (κ2) is 6.39. The van der Waals surface area contributed by atoms with Crippen LogP contribution in [0.2, 0.25) is 0 Å². The molecule has 0 saturated carbocycles. The molecule has 0 aliphatic heterocycles. The maximum Gasteiger partial charge on any atom is 0.306 e. The van der Waals surface area contributed by atoms with E-state index in [2.05, 4.69) is 11.3 Å². The second-order valence-electron chi connectivity index (χ2n) is 2.19. The zero-order chi connectivity index (χ0) is 9.40. The molecule has 0 rings (SSSR count). The molecule has 0 aromatic carbocycles. The number of hydrogen-bond donors (Lipinski definition) is 1. The highest BCUT2D eigenvalue weighted by atomic mass is 16.5. The summed E-state index contributed by atoms with van der Waals surface area (Å²) >= 11 is 0. The number of hydrogen-bond acceptors (Lipinski definition) is 3. The molecule has 12 heavy (non-hydrogen) atoms. The van der Waals surface area contributed by atoms with Crippen LogP contribution in [0, 0.1) is 0 Å². The van der Waals surface area contributed by atoms with E-state index >= 15 is 0 Å². The number of ether oxygens (including phenoxy) is 1. The summed E-state index contributed by atoms with van der Waals surface area (Å²) < 4.78 is 4.66. The van der Waals surface area contributed by atoms with E-state index in [4.69, 9.17) is 5.11 Å². The Morgan fingerprint density at radius 2 is 2.08 bits per heavy atom. The van der Waals surface area contributed by atoms with Crippen LogP contribution in [0.25, 0.3) is 0 Å². The van der Waals surface area contributed by atoms with E-state index in [0.29, 0.717) is 6.42 Å². The van der Waals surface area contributed by atoms with E-state index in [-0.39, 0.29) is 19.4 Å². The lowest BCUT2D eigenvalue weighted by atomic mass is 10.3. The van der Waals surface area contributed by atoms with Crippen molar-refractivity contribution in [3.05, 3.63) is 12.7 Å². The van der Waals surface area contributed by atoms with Crippen LogP contribution in [0.4, 0.5) is 0 Å². The van der Waals surface area contributed by atoms with E-state index in [0.717, 1.165) is 0 Å². The minimum absolute atomic E-state index is 0.0630. The molecule has 0 aromatic rings. The van der Waals surface area contributed by atoms with Gasteiger partial charge >= 0.3 is 11.9 Å². The first-order valence-corrected chi connectivity index (χ1v) is 3.65. The van der Waals surface area contributed by atoms with Crippen LogP contribution in [0.5, 0.6) is 0 Å². The number of rotatable bonds is 6. The standard InChI is InChI=1S/C8H12O4/c1-2-3-6-12-8(11)5-4-7(9)10/h2H,1,3-6H2,(H,9,10). The van der Waals surface area contributed by atoms with E-state index in [9.17, 15) is 9.59 Å². The van der Waals surface area contributed by atoms with E-state index in [1.165, 1.54) is 0 Å². The Morgan fingerprint density at radius 3 is 2.58 bits per heavy atom. The number of carbonyl (C=O) groups excluding carboxylic acids is 1. The predicted octanol–water partition coefficient (Wildman–Crippen LogP) is 0.970. The molecule has 0 amide bonds. The fourth-order valence-corrected chi connectivity index (χ4v) is 0.537. The monoisotopic (exact) mass is 172 g/mol. The van der Waals surface area contributed by atoms with Gasteiger partial charge in [-0.1, -0.05) is 6.08 Å². The molecule has 4 nitrogen and oxygen atoms in total. The average molecular weight is 172 g/mol. The number of carbonyl (C=O) groups is 2. The molecule has 0 fully saturated rings. The molecular weight excluding hydrogens is 160 g/mol. The minimum atomic E-state index is -0.990. The first kappa shape index (κ1) is 10.7. The summed E-state index contributed by atoms with van der Waals surface area (Å²) in [5, 5.41) is 8.21. The van der Waals surface area contributed by atoms with Crippen molar-refractivity contribution >= 4 is 11.9 Å². The Hall–Kier alpha value is -1.32. The highest BCUT2D eigenvalue weighted by Crippen LogP contribution is 1.93. The van der Waals surface area contributed by atoms with Gasteiger partial charge in [0.25, 0.3) is 0 Å². The van der Waals surface area contributed by atoms with Crippen LogP contribution in [0.3, 0.4) is 0 Å². The zero-order valence-electron chi connectivity index (χ0n) is 6.78. The van der Waals surface area contributed by atoms with Crippen molar-refractivity contribution in [2.24, 2.45) is 0 Å². The van der Waals surface area contributed by atoms with Crippen LogP contribution in [-0.4, -0.2) is 23.7 Å². The Morgan fingerprint density at radius 1 is 1.42 bits per heavy atom. The van der Waals surface area contributed by atoms with Crippen molar-refractivity contribution in [2.45, 2.75) is 19.3 Å². The maximum atomic E-state index is 10.7. The van der Waals surface area contributed by atoms with Gasteiger partial charge in [0.15, 0.2) is 0 Å². The van der Waals surface area contributed by atoms with E-state index < -0.39 is 11.9 Å². The van der Waals surface area contributed by atoms with Crippen LogP contribution in [-0.2, 0) is 14.3 Å². The number of aliphatic carboxylic acids is 1. The molecular formula is C8H12O4. The summed E-state index contributed by atoms with van der Waals surface area (Å²) in [7, 11) is 0. The molecule has 0 spiro atoms. The summed E-state index contributed by atoms with van der Waals surface area (Å²) in [6.07, 6.45) is 1.99. The average Bonchev–Trinajstić information content (AvgIpc) is 2.01. The van der Waals surface area contributed by atoms with Crippen LogP contribution in [0.15, 0.2) is 12.7 Å². The van der Waals surface area contributed by atoms with Crippen molar-refractivity contribution in [1.82, 2.24) is 0 Å². The molecule has 0 aromatic heterocycles. The lowest BCUT2D eigenvalue weighted by Crippen LogP contribution is -2.07. The normalized spacial score (nSPS) is 9.00. The van der Waals surface area contributed by atoms with Gasteiger partial charge in [0.2, 0.25) is 0 Å². The molecule has 0 unspecified atom stereocenters. The summed E-state index contributed by atoms with van der Waals surface area (Å²) in [4.78, 5) is 20.7. The number of esters is 1. The third-order valence-electron chi connectivity index (χ3n) is 1.13. The second-order valence-corrected chi connectivity index (χ2v) is 2.19. The Labute approximate surface area is 70.8 Å². The van der Waals surface area contributed by atoms with Crippen LogP contribution < -0.4 is 0 Å². The fourth-order valence-electron chi connectivity index (χ4n) is 0.537. The first-order chi connectivity index (χ1) is 5.66. The van der Waals surface area contributed by atoms with Gasteiger partial charge < -0.3 is 9.84 Å². The lowest BCUT2D eigenvalue weighted by Gasteiger charge is -2.00. The molecule has 0 heterocycles. The van der Waals surface area contributed by atoms with Gasteiger partial charge in [-0.05, 0) is 6.42 Å². The summed E-state index contributed by atoms with van der Waals surface area (Å²) in [5.74, 6) is -1.46. The summed E-state index contributed by atoms with van der Waals surface area (Å²) in [6.45, 7) is 3.73. The molecule has 0 aliphatic rings. The zero-order valence-corrected chi connectivity index (χ0v) is 6.78. The first-order valence-electron chi connectivity index (χ1n) is 3.65. The molecule has 4 heteroatoms. The van der Waals surface area contributed by atoms with Crippen molar-refractivity contribution in [3.63, 3.8) is 0 Å². The SMILES string of the molecule is C=CCCOC(=O)CCC(=O)O. The molecule has 0 radical (unpaired) electrons. The molecule has 0 saturated heterocycles. The maximum absolute atomic E-state index is 10.7. The number of carboxylic acids is 1. The Bertz CT molecular complexity index is 174. The van der Waals surface area contributed by atoms with Crippen molar-refractivity contribution in [2.75, 3.05) is 6.61 Å². The molecule has 1 N–H and O–H groups in total. The highest BCUT2D eigenvalue weighted by molar-refractivity contribution is 5.76. The molecule has 0 aliphatic carbocycles. The Kier molecular flexibility index (Phi) is 5.69. The number of carboxylic acid groups (broad SMARTS) is 1. The van der Waals surface area contributed by atoms with Crippen molar-refractivity contribution in [1.29, 1.82) is 0 Å². The van der Waals surface area contributed by atoms with E-state index in [1.807, 2.05) is 0 Å². The van der Waals surface area contributed by atoms with Crippen LogP contribution >= 0.6 is 0 Å². The van der Waals surface area contributed by atoms with Gasteiger partial charge in [-0.15, -0.1) is 6.58 Å². The van der Waals surface area contributed by atoms with Gasteiger partial charge in [0.1, 0.15) is 0 Å². The summed E-state index contributed by atoms with van der Waals surface area (Å²) in [5.41, 5.74) is 0. The van der Waals surface area contributed by atoms with Gasteiger partial charge in [-0.25, -0.2) is 0 Å². The predicted molar refractivity (Wildman–Crippen MR) is 42.6 cm³/mol. The van der Waals surface area contributed by atoms with E-state index in [1.54, 1.807) is 6.08 Å². The van der Waals surface area contributed by atoms with Gasteiger partial charge in [-0.3, -0.25) is 9.59 Å². The summed E-state index contributed by atoms with van der Waals surface area (Å²) in [6, 6.07) is 0. The molecule has 0 bridgehead atoms. The Balaban J connectivity index is 3.33. The largest absolute Gasteiger partial charge is 0.481 e. The molecule has 0 atom stereocenters. The lowest BCUT2D eigenvalue weighted by molar-refractivity contribution is -0.147. The highest BCUT2D eigenvalue weighted by Gasteiger charge is 2.05. The fraction of sp³-hybridized carbons (Fsp3) is 0.500. The van der Waals surface area contributed by atoms with Crippen molar-refractivity contribution in [3.8, 4) is 0 Å². The molecule has 68 valence electrons. The third kappa shape index (κ3) is 6.80. The van der Waals surface area contributed by atoms with Gasteiger partial charge in [0.05, 0.1) is 19.4 Å². The quantitative estimate of drug-likeness (QED) is 0.368.